The highest BCUT2D eigenvalue weighted by atomic mass is 127. The molecule has 19 heavy (non-hydrogen) atoms. The van der Waals surface area contributed by atoms with Gasteiger partial charge in [-0.15, -0.1) is 0 Å². The Balaban J connectivity index is 1.61. The monoisotopic (exact) mass is 366 g/mol. The molecule has 0 aliphatic heterocycles. The molecular formula is C15H15IN2O. The molecule has 2 aromatic rings. The van der Waals surface area contributed by atoms with E-state index in [2.05, 4.69) is 39.0 Å². The lowest BCUT2D eigenvalue weighted by molar-refractivity contribution is 0.462. The average molecular weight is 366 g/mol. The summed E-state index contributed by atoms with van der Waals surface area (Å²) in [6.45, 7) is 0.890. The summed E-state index contributed by atoms with van der Waals surface area (Å²) < 4.78 is 6.87. The van der Waals surface area contributed by atoms with E-state index in [9.17, 15) is 0 Å². The minimum absolute atomic E-state index is 0.636. The number of nitrogens with one attached hydrogen (secondary N) is 1. The smallest absolute Gasteiger partial charge is 0.219 e. The van der Waals surface area contributed by atoms with Crippen molar-refractivity contribution in [2.24, 2.45) is 0 Å². The third-order valence-electron chi connectivity index (χ3n) is 2.99. The van der Waals surface area contributed by atoms with Crippen LogP contribution < -0.4 is 10.1 Å². The van der Waals surface area contributed by atoms with Gasteiger partial charge in [-0.25, -0.2) is 4.98 Å². The van der Waals surface area contributed by atoms with Gasteiger partial charge in [0.1, 0.15) is 5.75 Å². The molecule has 1 saturated carbocycles. The number of hydrogen-bond acceptors (Lipinski definition) is 3. The Morgan fingerprint density at radius 1 is 1.26 bits per heavy atom. The molecule has 1 aliphatic rings. The van der Waals surface area contributed by atoms with Crippen molar-refractivity contribution in [2.75, 3.05) is 0 Å². The van der Waals surface area contributed by atoms with Gasteiger partial charge in [0.05, 0.1) is 0 Å². The van der Waals surface area contributed by atoms with Crippen molar-refractivity contribution in [3.8, 4) is 11.6 Å². The van der Waals surface area contributed by atoms with Gasteiger partial charge in [-0.3, -0.25) is 0 Å². The quantitative estimate of drug-likeness (QED) is 0.819. The van der Waals surface area contributed by atoms with Crippen molar-refractivity contribution in [2.45, 2.75) is 25.4 Å². The van der Waals surface area contributed by atoms with Gasteiger partial charge in [-0.05, 0) is 59.2 Å². The van der Waals surface area contributed by atoms with Gasteiger partial charge in [0.2, 0.25) is 5.88 Å². The molecule has 0 bridgehead atoms. The highest BCUT2D eigenvalue weighted by molar-refractivity contribution is 14.1. The first-order valence-electron chi connectivity index (χ1n) is 6.41. The molecule has 3 rings (SSSR count). The number of nitrogens with zero attached hydrogens (tertiary/aromatic N) is 1. The third kappa shape index (κ3) is 3.91. The number of pyridine rings is 1. The van der Waals surface area contributed by atoms with Gasteiger partial charge in [0.15, 0.2) is 0 Å². The van der Waals surface area contributed by atoms with Crippen LogP contribution in [-0.2, 0) is 6.54 Å². The number of aromatic nitrogens is 1. The molecule has 1 aromatic carbocycles. The van der Waals surface area contributed by atoms with E-state index < -0.39 is 0 Å². The molecule has 3 nitrogen and oxygen atoms in total. The number of halogens is 1. The van der Waals surface area contributed by atoms with Crippen molar-refractivity contribution >= 4 is 22.6 Å². The van der Waals surface area contributed by atoms with E-state index in [-0.39, 0.29) is 0 Å². The predicted molar refractivity (Wildman–Crippen MR) is 83.3 cm³/mol. The molecule has 1 aliphatic carbocycles. The molecular weight excluding hydrogens is 351 g/mol. The Labute approximate surface area is 126 Å². The van der Waals surface area contributed by atoms with Crippen LogP contribution in [0.2, 0.25) is 0 Å². The molecule has 0 amide bonds. The lowest BCUT2D eigenvalue weighted by Gasteiger charge is -2.06. The van der Waals surface area contributed by atoms with Crippen LogP contribution >= 0.6 is 22.6 Å². The standard InChI is InChI=1S/C15H15IN2O/c16-12-2-1-3-14(8-12)19-15-7-4-11(10-18-15)9-17-13-5-6-13/h1-4,7-8,10,13,17H,5-6,9H2. The van der Waals surface area contributed by atoms with Crippen molar-refractivity contribution in [3.05, 3.63) is 51.7 Å². The van der Waals surface area contributed by atoms with Crippen LogP contribution in [0, 0.1) is 3.57 Å². The lowest BCUT2D eigenvalue weighted by atomic mass is 10.3. The first kappa shape index (κ1) is 12.9. The first-order chi connectivity index (χ1) is 9.29. The Hall–Kier alpha value is -1.14. The number of ether oxygens (including phenoxy) is 1. The lowest BCUT2D eigenvalue weighted by Crippen LogP contribution is -2.15. The van der Waals surface area contributed by atoms with E-state index in [1.54, 1.807) is 0 Å². The maximum absolute atomic E-state index is 5.72. The molecule has 0 unspecified atom stereocenters. The normalized spacial score (nSPS) is 14.4. The fourth-order valence-corrected chi connectivity index (χ4v) is 2.29. The molecule has 1 N–H and O–H groups in total. The van der Waals surface area contributed by atoms with Gasteiger partial charge in [0.25, 0.3) is 0 Å². The highest BCUT2D eigenvalue weighted by Crippen LogP contribution is 2.22. The second-order valence-electron chi connectivity index (χ2n) is 4.72. The number of rotatable bonds is 5. The van der Waals surface area contributed by atoms with E-state index in [0.29, 0.717) is 5.88 Å². The van der Waals surface area contributed by atoms with Gasteiger partial charge < -0.3 is 10.1 Å². The minimum atomic E-state index is 0.636. The molecule has 1 heterocycles. The third-order valence-corrected chi connectivity index (χ3v) is 3.66. The van der Waals surface area contributed by atoms with E-state index in [4.69, 9.17) is 4.74 Å². The molecule has 1 fully saturated rings. The van der Waals surface area contributed by atoms with E-state index in [1.807, 2.05) is 36.5 Å². The summed E-state index contributed by atoms with van der Waals surface area (Å²) in [5.41, 5.74) is 1.20. The van der Waals surface area contributed by atoms with E-state index in [0.717, 1.165) is 21.9 Å². The van der Waals surface area contributed by atoms with Gasteiger partial charge in [-0.1, -0.05) is 12.1 Å². The summed E-state index contributed by atoms with van der Waals surface area (Å²) in [6, 6.07) is 12.6. The maximum Gasteiger partial charge on any atom is 0.219 e. The molecule has 0 spiro atoms. The van der Waals surface area contributed by atoms with Crippen LogP contribution in [0.1, 0.15) is 18.4 Å². The molecule has 98 valence electrons. The number of hydrogen-bond donors (Lipinski definition) is 1. The summed E-state index contributed by atoms with van der Waals surface area (Å²) in [5.74, 6) is 1.46. The fourth-order valence-electron chi connectivity index (χ4n) is 1.78. The van der Waals surface area contributed by atoms with Crippen molar-refractivity contribution in [1.82, 2.24) is 10.3 Å². The molecule has 0 atom stereocenters. The number of benzene rings is 1. The maximum atomic E-state index is 5.72. The second kappa shape index (κ2) is 5.88. The van der Waals surface area contributed by atoms with Crippen molar-refractivity contribution in [1.29, 1.82) is 0 Å². The fraction of sp³-hybridized carbons (Fsp3) is 0.267. The molecule has 4 heteroatoms. The molecule has 0 saturated heterocycles. The van der Waals surface area contributed by atoms with Crippen LogP contribution in [0.3, 0.4) is 0 Å². The summed E-state index contributed by atoms with van der Waals surface area (Å²) in [7, 11) is 0. The van der Waals surface area contributed by atoms with Crippen LogP contribution in [0.25, 0.3) is 0 Å². The average Bonchev–Trinajstić information content (AvgIpc) is 3.22. The van der Waals surface area contributed by atoms with Gasteiger partial charge in [0, 0.05) is 28.4 Å². The minimum Gasteiger partial charge on any atom is -0.439 e. The predicted octanol–water partition coefficient (Wildman–Crippen LogP) is 3.73. The summed E-state index contributed by atoms with van der Waals surface area (Å²) in [4.78, 5) is 4.34. The molecule has 1 aromatic heterocycles. The van der Waals surface area contributed by atoms with Crippen molar-refractivity contribution in [3.63, 3.8) is 0 Å². The SMILES string of the molecule is Ic1cccc(Oc2ccc(CNC3CC3)cn2)c1. The zero-order chi connectivity index (χ0) is 13.1. The van der Waals surface area contributed by atoms with E-state index >= 15 is 0 Å². The summed E-state index contributed by atoms with van der Waals surface area (Å²) in [6.07, 6.45) is 4.49. The summed E-state index contributed by atoms with van der Waals surface area (Å²) >= 11 is 2.27. The van der Waals surface area contributed by atoms with E-state index in [1.165, 1.54) is 18.4 Å². The second-order valence-corrected chi connectivity index (χ2v) is 5.96. The van der Waals surface area contributed by atoms with Crippen LogP contribution in [0.5, 0.6) is 11.6 Å². The van der Waals surface area contributed by atoms with Gasteiger partial charge >= 0.3 is 0 Å². The Kier molecular flexibility index (Phi) is 3.98. The van der Waals surface area contributed by atoms with Crippen LogP contribution in [-0.4, -0.2) is 11.0 Å². The van der Waals surface area contributed by atoms with Crippen LogP contribution in [0.4, 0.5) is 0 Å². The summed E-state index contributed by atoms with van der Waals surface area (Å²) in [5, 5.41) is 3.47. The van der Waals surface area contributed by atoms with Gasteiger partial charge in [-0.2, -0.15) is 0 Å². The molecule has 0 radical (unpaired) electrons. The zero-order valence-corrected chi connectivity index (χ0v) is 12.6. The zero-order valence-electron chi connectivity index (χ0n) is 10.5. The Morgan fingerprint density at radius 2 is 2.16 bits per heavy atom. The van der Waals surface area contributed by atoms with Crippen LogP contribution in [0.15, 0.2) is 42.6 Å². The van der Waals surface area contributed by atoms with Crippen molar-refractivity contribution < 1.29 is 4.74 Å². The topological polar surface area (TPSA) is 34.1 Å². The first-order valence-corrected chi connectivity index (χ1v) is 7.49. The highest BCUT2D eigenvalue weighted by Gasteiger charge is 2.19. The Morgan fingerprint density at radius 3 is 2.84 bits per heavy atom. The largest absolute Gasteiger partial charge is 0.439 e. The Bertz CT molecular complexity index is 552.